The molecule has 1 aliphatic carbocycles. The lowest BCUT2D eigenvalue weighted by atomic mass is 10.3. The molecule has 2 nitrogen and oxygen atoms in total. The van der Waals surface area contributed by atoms with Crippen LogP contribution in [0.2, 0.25) is 5.02 Å². The quantitative estimate of drug-likeness (QED) is 0.813. The topological polar surface area (TPSA) is 34.1 Å². The molecule has 4 heteroatoms. The molecule has 1 aliphatic rings. The van der Waals surface area contributed by atoms with Crippen LogP contribution >= 0.6 is 11.6 Å². The number of carbonyl (C=O) groups excluding carboxylic acids is 1. The highest BCUT2D eigenvalue weighted by molar-refractivity contribution is 7.86. The van der Waals surface area contributed by atoms with Gasteiger partial charge in [0.2, 0.25) is 0 Å². The molecule has 1 saturated carbocycles. The standard InChI is InChI=1S/C11H11ClO2S/c12-9-3-1-2-4-11(9)15(14)7-10(13)8-5-6-8/h1-4,8H,5-7H2. The van der Waals surface area contributed by atoms with Gasteiger partial charge in [-0.25, -0.2) is 0 Å². The van der Waals surface area contributed by atoms with E-state index in [-0.39, 0.29) is 17.5 Å². The smallest absolute Gasteiger partial charge is 0.148 e. The maximum Gasteiger partial charge on any atom is 0.148 e. The number of rotatable bonds is 4. The fraction of sp³-hybridized carbons (Fsp3) is 0.364. The number of hydrogen-bond donors (Lipinski definition) is 0. The highest BCUT2D eigenvalue weighted by Crippen LogP contribution is 2.30. The predicted molar refractivity (Wildman–Crippen MR) is 60.5 cm³/mol. The van der Waals surface area contributed by atoms with Crippen LogP contribution in [0.1, 0.15) is 12.8 Å². The Balaban J connectivity index is 2.07. The van der Waals surface area contributed by atoms with Gasteiger partial charge in [0.15, 0.2) is 0 Å². The lowest BCUT2D eigenvalue weighted by Gasteiger charge is -2.02. The summed E-state index contributed by atoms with van der Waals surface area (Å²) in [4.78, 5) is 12.0. The molecule has 0 aromatic heterocycles. The molecule has 0 amide bonds. The Morgan fingerprint density at radius 1 is 1.40 bits per heavy atom. The van der Waals surface area contributed by atoms with E-state index in [9.17, 15) is 9.00 Å². The van der Waals surface area contributed by atoms with Crippen LogP contribution in [0.4, 0.5) is 0 Å². The van der Waals surface area contributed by atoms with Crippen LogP contribution in [0.3, 0.4) is 0 Å². The van der Waals surface area contributed by atoms with Crippen molar-refractivity contribution in [3.05, 3.63) is 29.3 Å². The first-order chi connectivity index (χ1) is 7.18. The molecular formula is C11H11ClO2S. The van der Waals surface area contributed by atoms with Crippen LogP contribution in [0.15, 0.2) is 29.2 Å². The van der Waals surface area contributed by atoms with E-state index in [2.05, 4.69) is 0 Å². The van der Waals surface area contributed by atoms with Crippen LogP contribution in [-0.2, 0) is 15.6 Å². The van der Waals surface area contributed by atoms with E-state index in [1.165, 1.54) is 0 Å². The number of halogens is 1. The fourth-order valence-corrected chi connectivity index (χ4v) is 2.92. The number of ketones is 1. The van der Waals surface area contributed by atoms with Crippen LogP contribution in [-0.4, -0.2) is 15.7 Å². The minimum atomic E-state index is -1.29. The van der Waals surface area contributed by atoms with Gasteiger partial charge in [-0.05, 0) is 25.0 Å². The second-order valence-corrected chi connectivity index (χ2v) is 5.49. The highest BCUT2D eigenvalue weighted by atomic mass is 35.5. The Bertz CT molecular complexity index is 413. The average Bonchev–Trinajstić information content (AvgIpc) is 3.01. The molecule has 0 spiro atoms. The van der Waals surface area contributed by atoms with Crippen LogP contribution in [0.25, 0.3) is 0 Å². The summed E-state index contributed by atoms with van der Waals surface area (Å²) in [5.41, 5.74) is 0. The highest BCUT2D eigenvalue weighted by Gasteiger charge is 2.30. The summed E-state index contributed by atoms with van der Waals surface area (Å²) >= 11 is 5.89. The van der Waals surface area contributed by atoms with E-state index < -0.39 is 10.8 Å². The monoisotopic (exact) mass is 242 g/mol. The predicted octanol–water partition coefficient (Wildman–Crippen LogP) is 2.43. The van der Waals surface area contributed by atoms with Crippen molar-refractivity contribution in [1.82, 2.24) is 0 Å². The number of benzene rings is 1. The summed E-state index contributed by atoms with van der Waals surface area (Å²) in [5.74, 6) is 0.374. The molecule has 1 atom stereocenters. The van der Waals surface area contributed by atoms with Gasteiger partial charge in [-0.2, -0.15) is 0 Å². The molecule has 0 saturated heterocycles. The van der Waals surface area contributed by atoms with E-state index in [4.69, 9.17) is 11.6 Å². The van der Waals surface area contributed by atoms with E-state index >= 15 is 0 Å². The summed E-state index contributed by atoms with van der Waals surface area (Å²) < 4.78 is 11.8. The molecule has 0 heterocycles. The number of hydrogen-bond acceptors (Lipinski definition) is 2. The zero-order valence-electron chi connectivity index (χ0n) is 8.11. The second-order valence-electron chi connectivity index (χ2n) is 3.66. The molecule has 1 unspecified atom stereocenters. The molecule has 1 aromatic rings. The van der Waals surface area contributed by atoms with Gasteiger partial charge < -0.3 is 0 Å². The number of Topliss-reactive ketones (excluding diaryl/α,β-unsaturated/α-hetero) is 1. The second kappa shape index (κ2) is 4.45. The first-order valence-corrected chi connectivity index (χ1v) is 6.54. The molecule has 1 aromatic carbocycles. The minimum Gasteiger partial charge on any atom is -0.298 e. The summed E-state index contributed by atoms with van der Waals surface area (Å²) in [7, 11) is -1.29. The first-order valence-electron chi connectivity index (χ1n) is 4.84. The van der Waals surface area contributed by atoms with Gasteiger partial charge >= 0.3 is 0 Å². The van der Waals surface area contributed by atoms with Crippen molar-refractivity contribution in [3.63, 3.8) is 0 Å². The van der Waals surface area contributed by atoms with Crippen molar-refractivity contribution < 1.29 is 9.00 Å². The lowest BCUT2D eigenvalue weighted by molar-refractivity contribution is -0.117. The maximum absolute atomic E-state index is 11.8. The van der Waals surface area contributed by atoms with Gasteiger partial charge in [0.05, 0.1) is 26.5 Å². The molecule has 0 aliphatic heterocycles. The Hall–Kier alpha value is -0.670. The van der Waals surface area contributed by atoms with Gasteiger partial charge in [0.25, 0.3) is 0 Å². The summed E-state index contributed by atoms with van der Waals surface area (Å²) in [5, 5.41) is 0.472. The summed E-state index contributed by atoms with van der Waals surface area (Å²) in [6.07, 6.45) is 1.91. The molecule has 15 heavy (non-hydrogen) atoms. The van der Waals surface area contributed by atoms with E-state index in [1.54, 1.807) is 24.3 Å². The summed E-state index contributed by atoms with van der Waals surface area (Å²) in [6.45, 7) is 0. The molecule has 1 fully saturated rings. The van der Waals surface area contributed by atoms with Crippen molar-refractivity contribution >= 4 is 28.2 Å². The zero-order valence-corrected chi connectivity index (χ0v) is 9.68. The Morgan fingerprint density at radius 3 is 2.67 bits per heavy atom. The fourth-order valence-electron chi connectivity index (χ4n) is 1.36. The van der Waals surface area contributed by atoms with Crippen molar-refractivity contribution in [3.8, 4) is 0 Å². The molecule has 0 N–H and O–H groups in total. The molecule has 0 bridgehead atoms. The van der Waals surface area contributed by atoms with E-state index in [1.807, 2.05) is 0 Å². The summed E-state index contributed by atoms with van der Waals surface area (Å²) in [6, 6.07) is 6.96. The van der Waals surface area contributed by atoms with Crippen LogP contribution in [0.5, 0.6) is 0 Å². The molecule has 2 rings (SSSR count). The maximum atomic E-state index is 11.8. The van der Waals surface area contributed by atoms with Crippen LogP contribution < -0.4 is 0 Å². The van der Waals surface area contributed by atoms with Gasteiger partial charge in [-0.1, -0.05) is 23.7 Å². The van der Waals surface area contributed by atoms with Gasteiger partial charge in [0.1, 0.15) is 5.78 Å². The third-order valence-electron chi connectivity index (χ3n) is 2.39. The van der Waals surface area contributed by atoms with Crippen molar-refractivity contribution in [2.24, 2.45) is 5.92 Å². The van der Waals surface area contributed by atoms with E-state index in [0.717, 1.165) is 12.8 Å². The van der Waals surface area contributed by atoms with Crippen molar-refractivity contribution in [2.45, 2.75) is 17.7 Å². The van der Waals surface area contributed by atoms with Gasteiger partial charge in [0, 0.05) is 5.92 Å². The van der Waals surface area contributed by atoms with Crippen LogP contribution in [0, 0.1) is 5.92 Å². The van der Waals surface area contributed by atoms with Crippen molar-refractivity contribution in [1.29, 1.82) is 0 Å². The van der Waals surface area contributed by atoms with Crippen molar-refractivity contribution in [2.75, 3.05) is 5.75 Å². The third kappa shape index (κ3) is 2.67. The minimum absolute atomic E-state index is 0.105. The SMILES string of the molecule is O=C(CS(=O)c1ccccc1Cl)C1CC1. The zero-order chi connectivity index (χ0) is 10.8. The first kappa shape index (κ1) is 10.8. The molecule has 0 radical (unpaired) electrons. The lowest BCUT2D eigenvalue weighted by Crippen LogP contribution is -2.12. The van der Waals surface area contributed by atoms with E-state index in [0.29, 0.717) is 9.92 Å². The van der Waals surface area contributed by atoms with Gasteiger partial charge in [-0.15, -0.1) is 0 Å². The van der Waals surface area contributed by atoms with Gasteiger partial charge in [-0.3, -0.25) is 9.00 Å². The Labute approximate surface area is 96.1 Å². The normalized spacial score (nSPS) is 17.4. The molecular weight excluding hydrogens is 232 g/mol. The molecule has 80 valence electrons. The Kier molecular flexibility index (Phi) is 3.22. The Morgan fingerprint density at radius 2 is 2.07 bits per heavy atom. The average molecular weight is 243 g/mol. The largest absolute Gasteiger partial charge is 0.298 e. The number of carbonyl (C=O) groups is 1. The third-order valence-corrected chi connectivity index (χ3v) is 4.22.